The van der Waals surface area contributed by atoms with E-state index in [0.29, 0.717) is 84.4 Å². The van der Waals surface area contributed by atoms with E-state index in [9.17, 15) is 19.2 Å². The zero-order valence-corrected chi connectivity index (χ0v) is 43.0. The average molecular weight is 1030 g/mol. The maximum atomic E-state index is 13.3. The van der Waals surface area contributed by atoms with Gasteiger partial charge >= 0.3 is 11.9 Å². The van der Waals surface area contributed by atoms with Gasteiger partial charge in [0.15, 0.2) is 0 Å². The van der Waals surface area contributed by atoms with E-state index in [1.54, 1.807) is 73.8 Å². The molecule has 2 unspecified atom stereocenters. The highest BCUT2D eigenvalue weighted by Crippen LogP contribution is 2.28. The maximum Gasteiger partial charge on any atom is 0.417 e. The van der Waals surface area contributed by atoms with E-state index in [1.807, 2.05) is 121 Å². The smallest absolute Gasteiger partial charge is 0.417 e. The zero-order chi connectivity index (χ0) is 53.2. The van der Waals surface area contributed by atoms with Crippen molar-refractivity contribution in [2.75, 3.05) is 66.8 Å². The monoisotopic (exact) mass is 1030 g/mol. The maximum absolute atomic E-state index is 13.3. The van der Waals surface area contributed by atoms with Gasteiger partial charge in [-0.15, -0.1) is 0 Å². The minimum atomic E-state index is -1.16. The number of fused-ring (bicyclic) bond motifs is 2. The van der Waals surface area contributed by atoms with Crippen LogP contribution in [0.1, 0.15) is 12.8 Å². The zero-order valence-electron chi connectivity index (χ0n) is 43.0. The van der Waals surface area contributed by atoms with Crippen molar-refractivity contribution < 1.29 is 47.5 Å². The van der Waals surface area contributed by atoms with Gasteiger partial charge in [-0.1, -0.05) is 48.5 Å². The van der Waals surface area contributed by atoms with Crippen molar-refractivity contribution in [1.29, 1.82) is 0 Å². The summed E-state index contributed by atoms with van der Waals surface area (Å²) in [5, 5.41) is 9.39. The van der Waals surface area contributed by atoms with Crippen LogP contribution in [0, 0.1) is 0 Å². The lowest BCUT2D eigenvalue weighted by atomic mass is 10.1. The summed E-state index contributed by atoms with van der Waals surface area (Å²) in [6, 6.07) is 48.2. The van der Waals surface area contributed by atoms with Crippen LogP contribution in [0.15, 0.2) is 167 Å². The van der Waals surface area contributed by atoms with Gasteiger partial charge in [0.1, 0.15) is 59.9 Å². The van der Waals surface area contributed by atoms with Gasteiger partial charge in [0.25, 0.3) is 11.1 Å². The van der Waals surface area contributed by atoms with Crippen molar-refractivity contribution in [2.24, 2.45) is 14.1 Å². The second-order valence-electron chi connectivity index (χ2n) is 17.9. The van der Waals surface area contributed by atoms with Crippen molar-refractivity contribution in [3.63, 3.8) is 0 Å². The fourth-order valence-corrected chi connectivity index (χ4v) is 8.39. The summed E-state index contributed by atoms with van der Waals surface area (Å²) in [4.78, 5) is 53.0. The van der Waals surface area contributed by atoms with Crippen LogP contribution in [0.5, 0.6) is 34.5 Å². The standard InChI is InChI=1S/C60H62N4O12/c1-63-55(33-43-21-27-49(69-3)35-53(43)57(63)65)41-17-23-47(24-18-41)71-31-11-29-61-37-51(39-73-45-13-7-5-8-14-45)75-59(67)60(68)76-52(40-74-46-15-9-6-10-16-46)38-62-30-12-32-72-48-25-19-42(20-26-48)56-34-44-22-28-50(70-4)36-54(44)58(66)64(56)2/h5-10,13-28,33-36,51-52,61-62H,11-12,29-32,37-40H2,1-4H3. The van der Waals surface area contributed by atoms with Crippen LogP contribution in [0.25, 0.3) is 44.1 Å². The Morgan fingerprint density at radius 1 is 0.461 bits per heavy atom. The van der Waals surface area contributed by atoms with E-state index in [1.165, 1.54) is 0 Å². The Balaban J connectivity index is 0.795. The molecule has 0 aliphatic carbocycles. The quantitative estimate of drug-likeness (QED) is 0.0302. The molecule has 8 aromatic rings. The molecular formula is C60H62N4O12. The van der Waals surface area contributed by atoms with Gasteiger partial charge in [-0.25, -0.2) is 9.59 Å². The summed E-state index contributed by atoms with van der Waals surface area (Å²) in [5.74, 6) is 1.44. The Morgan fingerprint density at radius 2 is 0.829 bits per heavy atom. The van der Waals surface area contributed by atoms with Crippen LogP contribution < -0.4 is 50.2 Å². The van der Waals surface area contributed by atoms with Gasteiger partial charge < -0.3 is 57.7 Å². The highest BCUT2D eigenvalue weighted by atomic mass is 16.6. The lowest BCUT2D eigenvalue weighted by Gasteiger charge is -2.21. The molecule has 394 valence electrons. The number of methoxy groups -OCH3 is 2. The second kappa shape index (κ2) is 26.6. The first-order valence-corrected chi connectivity index (χ1v) is 25.1. The molecule has 0 aliphatic rings. The van der Waals surface area contributed by atoms with E-state index in [-0.39, 0.29) is 37.4 Å². The number of pyridine rings is 2. The van der Waals surface area contributed by atoms with Crippen LogP contribution >= 0.6 is 0 Å². The number of nitrogens with zero attached hydrogens (tertiary/aromatic N) is 2. The number of hydrogen-bond donors (Lipinski definition) is 2. The van der Waals surface area contributed by atoms with Crippen LogP contribution in [0.3, 0.4) is 0 Å². The lowest BCUT2D eigenvalue weighted by Crippen LogP contribution is -2.41. The Morgan fingerprint density at radius 3 is 1.21 bits per heavy atom. The summed E-state index contributed by atoms with van der Waals surface area (Å²) < 4.78 is 49.1. The summed E-state index contributed by atoms with van der Waals surface area (Å²) in [5.41, 5.74) is 3.07. The molecule has 8 rings (SSSR count). The van der Waals surface area contributed by atoms with Crippen LogP contribution in [0.2, 0.25) is 0 Å². The summed E-state index contributed by atoms with van der Waals surface area (Å²) in [7, 11) is 6.65. The van der Waals surface area contributed by atoms with Crippen molar-refractivity contribution >= 4 is 33.5 Å². The van der Waals surface area contributed by atoms with Crippen LogP contribution in [-0.4, -0.2) is 100 Å². The molecule has 2 heterocycles. The molecule has 2 aromatic heterocycles. The topological polar surface area (TPSA) is 176 Å². The number of benzene rings is 6. The second-order valence-corrected chi connectivity index (χ2v) is 17.9. The van der Waals surface area contributed by atoms with Gasteiger partial charge in [0.2, 0.25) is 0 Å². The van der Waals surface area contributed by atoms with Crippen molar-refractivity contribution in [2.45, 2.75) is 25.0 Å². The average Bonchev–Trinajstić information content (AvgIpc) is 3.46. The summed E-state index contributed by atoms with van der Waals surface area (Å²) >= 11 is 0. The molecule has 0 bridgehead atoms. The molecule has 0 fully saturated rings. The predicted octanol–water partition coefficient (Wildman–Crippen LogP) is 8.14. The minimum Gasteiger partial charge on any atom is -0.497 e. The highest BCUT2D eigenvalue weighted by Gasteiger charge is 2.27. The molecule has 0 amide bonds. The van der Waals surface area contributed by atoms with E-state index in [0.717, 1.165) is 33.3 Å². The van der Waals surface area contributed by atoms with Crippen molar-refractivity contribution in [3.05, 3.63) is 178 Å². The molecule has 0 aliphatic heterocycles. The lowest BCUT2D eigenvalue weighted by molar-refractivity contribution is -0.175. The number of esters is 2. The third-order valence-electron chi connectivity index (χ3n) is 12.5. The normalized spacial score (nSPS) is 11.9. The number of aromatic nitrogens is 2. The Bertz CT molecular complexity index is 3090. The molecular weight excluding hydrogens is 969 g/mol. The number of ether oxygens (including phenoxy) is 8. The molecule has 2 N–H and O–H groups in total. The number of para-hydroxylation sites is 2. The first-order valence-electron chi connectivity index (χ1n) is 25.1. The van der Waals surface area contributed by atoms with Crippen LogP contribution in [-0.2, 0) is 33.2 Å². The first-order chi connectivity index (χ1) is 37.1. The van der Waals surface area contributed by atoms with E-state index >= 15 is 0 Å². The SMILES string of the molecule is COc1ccc2cc(-c3ccc(OCCCNCC(COc4ccccc4)OC(=O)C(=O)OC(CNCCCOc4ccc(-c5cc6ccc(OC)cc6c(=O)n5C)cc4)COc4ccccc4)cc3)n(C)c(=O)c2c1. The number of carbonyl (C=O) groups is 2. The van der Waals surface area contributed by atoms with Gasteiger partial charge in [-0.2, -0.15) is 0 Å². The molecule has 76 heavy (non-hydrogen) atoms. The van der Waals surface area contributed by atoms with Crippen molar-refractivity contribution in [1.82, 2.24) is 19.8 Å². The number of hydrogen-bond acceptors (Lipinski definition) is 14. The molecule has 0 radical (unpaired) electrons. The minimum absolute atomic E-state index is 0.0218. The first kappa shape index (κ1) is 53.7. The summed E-state index contributed by atoms with van der Waals surface area (Å²) in [6.07, 6.45) is -0.439. The molecule has 2 atom stereocenters. The van der Waals surface area contributed by atoms with Gasteiger partial charge in [-0.3, -0.25) is 9.59 Å². The predicted molar refractivity (Wildman–Crippen MR) is 292 cm³/mol. The molecule has 16 nitrogen and oxygen atoms in total. The van der Waals surface area contributed by atoms with E-state index in [4.69, 9.17) is 37.9 Å². The summed E-state index contributed by atoms with van der Waals surface area (Å²) in [6.45, 7) is 2.16. The van der Waals surface area contributed by atoms with Crippen molar-refractivity contribution in [3.8, 4) is 57.0 Å². The third-order valence-corrected chi connectivity index (χ3v) is 12.5. The third kappa shape index (κ3) is 14.4. The fourth-order valence-electron chi connectivity index (χ4n) is 8.39. The fraction of sp³-hybridized carbons (Fsp3) is 0.267. The number of nitrogens with one attached hydrogen (secondary N) is 2. The molecule has 0 saturated carbocycles. The molecule has 0 spiro atoms. The van der Waals surface area contributed by atoms with Gasteiger partial charge in [0, 0.05) is 27.2 Å². The highest BCUT2D eigenvalue weighted by molar-refractivity contribution is 6.29. The van der Waals surface area contributed by atoms with E-state index < -0.39 is 24.1 Å². The largest absolute Gasteiger partial charge is 0.497 e. The molecule has 0 saturated heterocycles. The Labute approximate surface area is 440 Å². The molecule has 6 aromatic carbocycles. The van der Waals surface area contributed by atoms with E-state index in [2.05, 4.69) is 10.6 Å². The molecule has 16 heteroatoms. The number of rotatable bonds is 26. The van der Waals surface area contributed by atoms with Gasteiger partial charge in [-0.05, 0) is 157 Å². The number of carbonyl (C=O) groups excluding carboxylic acids is 2. The van der Waals surface area contributed by atoms with Gasteiger partial charge in [0.05, 0.1) is 49.6 Å². The van der Waals surface area contributed by atoms with Crippen LogP contribution in [0.4, 0.5) is 0 Å². The Hall–Kier alpha value is -8.60. The Kier molecular flexibility index (Phi) is 18.8.